The van der Waals surface area contributed by atoms with Crippen molar-refractivity contribution >= 4 is 29.1 Å². The van der Waals surface area contributed by atoms with Crippen molar-refractivity contribution in [1.29, 1.82) is 5.26 Å². The lowest BCUT2D eigenvalue weighted by Crippen LogP contribution is -2.36. The highest BCUT2D eigenvalue weighted by Crippen LogP contribution is 2.28. The number of tetrazole rings is 1. The van der Waals surface area contributed by atoms with Crippen molar-refractivity contribution in [2.75, 3.05) is 36.5 Å². The van der Waals surface area contributed by atoms with Crippen molar-refractivity contribution in [2.24, 2.45) is 0 Å². The van der Waals surface area contributed by atoms with Gasteiger partial charge in [-0.3, -0.25) is 0 Å². The second-order valence-electron chi connectivity index (χ2n) is 7.10. The van der Waals surface area contributed by atoms with E-state index < -0.39 is 0 Å². The Bertz CT molecular complexity index is 1280. The molecule has 33 heavy (non-hydrogen) atoms. The molecule has 1 aliphatic rings. The summed E-state index contributed by atoms with van der Waals surface area (Å²) in [7, 11) is 0. The highest BCUT2D eigenvalue weighted by Gasteiger charge is 2.11. The summed E-state index contributed by atoms with van der Waals surface area (Å²) < 4.78 is 5.42. The van der Waals surface area contributed by atoms with E-state index in [0.29, 0.717) is 11.6 Å². The number of benzene rings is 2. The molecule has 1 fully saturated rings. The number of nitrogens with one attached hydrogen (secondary N) is 1. The van der Waals surface area contributed by atoms with Gasteiger partial charge in [-0.05, 0) is 53.7 Å². The Labute approximate surface area is 194 Å². The van der Waals surface area contributed by atoms with Crippen molar-refractivity contribution in [3.8, 4) is 11.8 Å². The molecule has 0 saturated carbocycles. The van der Waals surface area contributed by atoms with Crippen LogP contribution in [0, 0.1) is 11.3 Å². The first-order valence-electron chi connectivity index (χ1n) is 10.3. The average molecular weight is 458 g/mol. The summed E-state index contributed by atoms with van der Waals surface area (Å²) in [6.45, 7) is 3.33. The molecule has 0 unspecified atom stereocenters. The van der Waals surface area contributed by atoms with E-state index >= 15 is 0 Å². The van der Waals surface area contributed by atoms with Crippen molar-refractivity contribution in [1.82, 2.24) is 30.2 Å². The quantitative estimate of drug-likeness (QED) is 0.433. The highest BCUT2D eigenvalue weighted by atomic mass is 32.2. The Morgan fingerprint density at radius 3 is 2.67 bits per heavy atom. The minimum atomic E-state index is 0.0255. The number of nitriles is 1. The lowest BCUT2D eigenvalue weighted by molar-refractivity contribution is 0.122. The first kappa shape index (κ1) is 20.9. The smallest absolute Gasteiger partial charge is 0.274 e. The molecule has 0 spiro atoms. The highest BCUT2D eigenvalue weighted by molar-refractivity contribution is 7.99. The third-order valence-electron chi connectivity index (χ3n) is 4.91. The van der Waals surface area contributed by atoms with Gasteiger partial charge < -0.3 is 15.0 Å². The van der Waals surface area contributed by atoms with Gasteiger partial charge in [-0.1, -0.05) is 22.9 Å². The van der Waals surface area contributed by atoms with Crippen LogP contribution in [0.5, 0.6) is 0 Å². The van der Waals surface area contributed by atoms with Gasteiger partial charge in [0, 0.05) is 35.6 Å². The molecule has 0 amide bonds. The van der Waals surface area contributed by atoms with E-state index in [4.69, 9.17) is 10.00 Å². The van der Waals surface area contributed by atoms with E-state index in [-0.39, 0.29) is 5.82 Å². The summed E-state index contributed by atoms with van der Waals surface area (Å²) in [4.78, 5) is 13.5. The predicted molar refractivity (Wildman–Crippen MR) is 123 cm³/mol. The van der Waals surface area contributed by atoms with Crippen LogP contribution in [0.3, 0.4) is 0 Å². The van der Waals surface area contributed by atoms with E-state index in [2.05, 4.69) is 47.7 Å². The van der Waals surface area contributed by atoms with Crippen LogP contribution < -0.4 is 10.2 Å². The van der Waals surface area contributed by atoms with Crippen LogP contribution in [0.4, 0.5) is 17.3 Å². The third kappa shape index (κ3) is 5.08. The van der Waals surface area contributed by atoms with Gasteiger partial charge in [0.25, 0.3) is 5.82 Å². The summed E-state index contributed by atoms with van der Waals surface area (Å²) in [5.41, 5.74) is 2.81. The molecule has 0 aliphatic carbocycles. The van der Waals surface area contributed by atoms with Gasteiger partial charge in [-0.2, -0.15) is 5.26 Å². The molecule has 11 heteroatoms. The van der Waals surface area contributed by atoms with Gasteiger partial charge >= 0.3 is 0 Å². The molecule has 1 N–H and O–H groups in total. The van der Waals surface area contributed by atoms with E-state index in [1.807, 2.05) is 48.5 Å². The van der Waals surface area contributed by atoms with Crippen LogP contribution in [0.1, 0.15) is 5.82 Å². The lowest BCUT2D eigenvalue weighted by atomic mass is 10.2. The Morgan fingerprint density at radius 1 is 1.03 bits per heavy atom. The number of rotatable bonds is 6. The average Bonchev–Trinajstić information content (AvgIpc) is 3.35. The topological polar surface area (TPSA) is 118 Å². The summed E-state index contributed by atoms with van der Waals surface area (Å²) in [6.07, 6.45) is 1.72. The maximum Gasteiger partial charge on any atom is 0.274 e. The Kier molecular flexibility index (Phi) is 6.10. The molecule has 10 nitrogen and oxygen atoms in total. The van der Waals surface area contributed by atoms with Gasteiger partial charge in [0.15, 0.2) is 0 Å². The van der Waals surface area contributed by atoms with Crippen molar-refractivity contribution in [3.63, 3.8) is 0 Å². The number of ether oxygens (including phenoxy) is 1. The number of hydrogen-bond donors (Lipinski definition) is 1. The first-order valence-corrected chi connectivity index (χ1v) is 11.1. The molecule has 1 saturated heterocycles. The second kappa shape index (κ2) is 9.64. The van der Waals surface area contributed by atoms with Crippen LogP contribution in [-0.4, -0.2) is 56.5 Å². The van der Waals surface area contributed by atoms with E-state index in [1.54, 1.807) is 6.20 Å². The summed E-state index contributed by atoms with van der Waals surface area (Å²) >= 11 is 1.49. The molecule has 1 aliphatic heterocycles. The molecule has 3 heterocycles. The normalized spacial score (nSPS) is 13.5. The molecular weight excluding hydrogens is 438 g/mol. The summed E-state index contributed by atoms with van der Waals surface area (Å²) in [5, 5.41) is 24.6. The van der Waals surface area contributed by atoms with Crippen molar-refractivity contribution in [2.45, 2.75) is 9.92 Å². The minimum absolute atomic E-state index is 0.0255. The monoisotopic (exact) mass is 457 g/mol. The largest absolute Gasteiger partial charge is 0.378 e. The zero-order chi connectivity index (χ0) is 22.5. The molecule has 0 atom stereocenters. The van der Waals surface area contributed by atoms with Crippen molar-refractivity contribution < 1.29 is 4.74 Å². The first-order chi connectivity index (χ1) is 16.3. The number of aromatic nitrogens is 6. The van der Waals surface area contributed by atoms with Crippen LogP contribution in [-0.2, 0) is 4.74 Å². The maximum absolute atomic E-state index is 8.89. The number of morpholine rings is 1. The standard InChI is InChI=1S/C22H19N9OS/c23-15-20-27-29-31(28-20)18-2-1-3-19(14-18)33-21-8-9-24-22(26-21)25-16-4-6-17(7-5-16)30-10-12-32-13-11-30/h1-9,14H,10-13H2,(H,24,25,26). The fourth-order valence-electron chi connectivity index (χ4n) is 3.33. The van der Waals surface area contributed by atoms with E-state index in [1.165, 1.54) is 22.2 Å². The van der Waals surface area contributed by atoms with Crippen LogP contribution in [0.25, 0.3) is 5.69 Å². The van der Waals surface area contributed by atoms with E-state index in [9.17, 15) is 0 Å². The molecule has 0 radical (unpaired) electrons. The molecule has 2 aromatic heterocycles. The fourth-order valence-corrected chi connectivity index (χ4v) is 4.15. The van der Waals surface area contributed by atoms with Crippen LogP contribution in [0.2, 0.25) is 0 Å². The number of nitrogens with zero attached hydrogens (tertiary/aromatic N) is 8. The Hall–Kier alpha value is -4.01. The zero-order valence-corrected chi connectivity index (χ0v) is 18.3. The molecule has 164 valence electrons. The second-order valence-corrected chi connectivity index (χ2v) is 8.20. The fraction of sp³-hybridized carbons (Fsp3) is 0.182. The van der Waals surface area contributed by atoms with Gasteiger partial charge in [-0.25, -0.2) is 9.97 Å². The molecule has 2 aromatic carbocycles. The predicted octanol–water partition coefficient (Wildman–Crippen LogP) is 3.06. The molecule has 5 rings (SSSR count). The number of hydrogen-bond acceptors (Lipinski definition) is 10. The molecular formula is C22H19N9OS. The summed E-state index contributed by atoms with van der Waals surface area (Å²) in [5.74, 6) is 0.546. The van der Waals surface area contributed by atoms with E-state index in [0.717, 1.165) is 41.9 Å². The minimum Gasteiger partial charge on any atom is -0.378 e. The SMILES string of the molecule is N#Cc1nnn(-c2cccc(Sc3ccnc(Nc4ccc(N5CCOCC5)cc4)n3)c2)n1. The van der Waals surface area contributed by atoms with Gasteiger partial charge in [0.05, 0.1) is 18.9 Å². The molecule has 4 aromatic rings. The van der Waals surface area contributed by atoms with Crippen molar-refractivity contribution in [3.05, 3.63) is 66.6 Å². The van der Waals surface area contributed by atoms with Crippen LogP contribution in [0.15, 0.2) is 70.7 Å². The third-order valence-corrected chi connectivity index (χ3v) is 5.84. The van der Waals surface area contributed by atoms with Gasteiger partial charge in [0.1, 0.15) is 11.1 Å². The van der Waals surface area contributed by atoms with Gasteiger partial charge in [0.2, 0.25) is 5.95 Å². The lowest BCUT2D eigenvalue weighted by Gasteiger charge is -2.28. The van der Waals surface area contributed by atoms with Gasteiger partial charge in [-0.15, -0.1) is 9.90 Å². The number of anilines is 3. The summed E-state index contributed by atoms with van der Waals surface area (Å²) in [6, 6.07) is 19.6. The Balaban J connectivity index is 1.27. The van der Waals surface area contributed by atoms with Crippen LogP contribution >= 0.6 is 11.8 Å². The zero-order valence-electron chi connectivity index (χ0n) is 17.5. The Morgan fingerprint density at radius 2 is 1.88 bits per heavy atom. The molecule has 0 bridgehead atoms. The maximum atomic E-state index is 8.89.